The van der Waals surface area contributed by atoms with Crippen molar-refractivity contribution < 1.29 is 47.3 Å². The van der Waals surface area contributed by atoms with Crippen LogP contribution >= 0.6 is 0 Å². The highest BCUT2D eigenvalue weighted by molar-refractivity contribution is 6.00. The van der Waals surface area contributed by atoms with Crippen molar-refractivity contribution in [1.82, 2.24) is 4.98 Å². The van der Waals surface area contributed by atoms with Crippen LogP contribution in [0.25, 0.3) is 0 Å². The van der Waals surface area contributed by atoms with Gasteiger partial charge in [-0.25, -0.2) is 9.59 Å². The minimum Gasteiger partial charge on any atom is -0.472 e. The van der Waals surface area contributed by atoms with Crippen LogP contribution in [0.3, 0.4) is 0 Å². The molecule has 2 bridgehead atoms. The van der Waals surface area contributed by atoms with Crippen molar-refractivity contribution in [2.45, 2.75) is 58.3 Å². The molecule has 2 saturated carbocycles. The van der Waals surface area contributed by atoms with Crippen LogP contribution in [0.2, 0.25) is 0 Å². The van der Waals surface area contributed by atoms with E-state index in [-0.39, 0.29) is 29.7 Å². The second-order valence-corrected chi connectivity index (χ2v) is 13.3. The Hall–Kier alpha value is -4.28. The van der Waals surface area contributed by atoms with E-state index in [2.05, 4.69) is 11.9 Å². The number of ketones is 1. The predicted molar refractivity (Wildman–Crippen MR) is 148 cm³/mol. The van der Waals surface area contributed by atoms with E-state index in [0.717, 1.165) is 11.1 Å². The van der Waals surface area contributed by atoms with Gasteiger partial charge in [-0.3, -0.25) is 19.4 Å². The fourth-order valence-corrected chi connectivity index (χ4v) is 9.28. The quantitative estimate of drug-likeness (QED) is 0.286. The van der Waals surface area contributed by atoms with Crippen molar-refractivity contribution in [3.63, 3.8) is 0 Å². The number of methoxy groups -OCH3 is 1. The van der Waals surface area contributed by atoms with Crippen LogP contribution in [0.5, 0.6) is 0 Å². The molecule has 0 radical (unpaired) electrons. The van der Waals surface area contributed by atoms with Gasteiger partial charge < -0.3 is 23.4 Å². The third-order valence-corrected chi connectivity index (χ3v) is 11.3. The number of furan rings is 1. The summed E-state index contributed by atoms with van der Waals surface area (Å²) in [6.07, 6.45) is 5.83. The van der Waals surface area contributed by atoms with Crippen molar-refractivity contribution in [3.05, 3.63) is 65.9 Å². The molecule has 2 aromatic rings. The average molecular weight is 604 g/mol. The van der Waals surface area contributed by atoms with Crippen molar-refractivity contribution in [3.8, 4) is 0 Å². The molecule has 2 aromatic heterocycles. The first-order chi connectivity index (χ1) is 21.0. The van der Waals surface area contributed by atoms with Gasteiger partial charge in [-0.05, 0) is 42.9 Å². The Labute approximate surface area is 253 Å². The number of allylic oxidation sites excluding steroid dienone is 1. The van der Waals surface area contributed by atoms with Gasteiger partial charge in [0.2, 0.25) is 6.10 Å². The summed E-state index contributed by atoms with van der Waals surface area (Å²) in [5.74, 6) is -5.74. The molecular weight excluding hydrogens is 570 g/mol. The molecule has 0 aromatic carbocycles. The molecule has 0 unspecified atom stereocenters. The summed E-state index contributed by atoms with van der Waals surface area (Å²) < 4.78 is 28.1. The Morgan fingerprint density at radius 2 is 1.86 bits per heavy atom. The van der Waals surface area contributed by atoms with Crippen LogP contribution in [0, 0.1) is 39.9 Å². The number of hydrogen-bond acceptors (Lipinski definition) is 11. The summed E-state index contributed by atoms with van der Waals surface area (Å²) in [5.41, 5.74) is -1.48. The topological polar surface area (TPSA) is 148 Å². The largest absolute Gasteiger partial charge is 0.472 e. The molecule has 5 aliphatic rings. The van der Waals surface area contributed by atoms with E-state index >= 15 is 0 Å². The van der Waals surface area contributed by atoms with Crippen LogP contribution < -0.4 is 0 Å². The molecule has 0 amide bonds. The lowest BCUT2D eigenvalue weighted by Gasteiger charge is -2.62. The zero-order chi connectivity index (χ0) is 31.2. The summed E-state index contributed by atoms with van der Waals surface area (Å²) >= 11 is 0. The molecule has 2 aliphatic heterocycles. The van der Waals surface area contributed by atoms with Gasteiger partial charge in [0.15, 0.2) is 5.78 Å². The number of carbonyl (C=O) groups is 5. The lowest BCUT2D eigenvalue weighted by molar-refractivity contribution is -0.190. The first-order valence-corrected chi connectivity index (χ1v) is 14.8. The van der Waals surface area contributed by atoms with Crippen LogP contribution in [0.1, 0.15) is 62.1 Å². The summed E-state index contributed by atoms with van der Waals surface area (Å²) in [7, 11) is 1.19. The van der Waals surface area contributed by atoms with E-state index in [4.69, 9.17) is 23.4 Å². The normalized spacial score (nSPS) is 40.4. The lowest BCUT2D eigenvalue weighted by Crippen LogP contribution is -2.69. The van der Waals surface area contributed by atoms with E-state index in [1.807, 2.05) is 6.08 Å². The minimum atomic E-state index is -1.43. The van der Waals surface area contributed by atoms with Gasteiger partial charge in [-0.15, -0.1) is 0 Å². The molecule has 7 rings (SSSR count). The molecule has 11 heteroatoms. The summed E-state index contributed by atoms with van der Waals surface area (Å²) in [6, 6.07) is 4.90. The molecule has 4 heterocycles. The van der Waals surface area contributed by atoms with Gasteiger partial charge in [0.1, 0.15) is 12.2 Å². The van der Waals surface area contributed by atoms with E-state index in [0.29, 0.717) is 12.8 Å². The third kappa shape index (κ3) is 3.61. The first-order valence-electron chi connectivity index (χ1n) is 14.8. The standard InChI is InChI=1S/C33H33NO10/c1-31-9-7-20-18(21(31)13-22(35)42-25(31)17-8-11-41-15-17)12-19-24(36)32(20,2)23-29(38)44-27(30(39)40-4)33(23,3)26(19)43-28(37)16-6-5-10-34-14-16/h5-6,8,10-12,14-15,19-21,23,25-27H,7,9,13H2,1-4H3/t19-,20+,21+,23-,25+,26-,27-,31-,32-,33+/m1/s1. The van der Waals surface area contributed by atoms with Gasteiger partial charge in [-0.2, -0.15) is 0 Å². The summed E-state index contributed by atoms with van der Waals surface area (Å²) in [6.45, 7) is 5.51. The van der Waals surface area contributed by atoms with Gasteiger partial charge in [0, 0.05) is 28.8 Å². The molecule has 44 heavy (non-hydrogen) atoms. The molecule has 11 nitrogen and oxygen atoms in total. The number of aromatic nitrogens is 1. The third-order valence-electron chi connectivity index (χ3n) is 11.3. The number of nitrogens with zero attached hydrogens (tertiary/aromatic N) is 1. The van der Waals surface area contributed by atoms with Crippen molar-refractivity contribution in [2.24, 2.45) is 39.9 Å². The summed E-state index contributed by atoms with van der Waals surface area (Å²) in [4.78, 5) is 72.1. The number of pyridine rings is 1. The molecule has 0 N–H and O–H groups in total. The van der Waals surface area contributed by atoms with Gasteiger partial charge in [-0.1, -0.05) is 32.4 Å². The van der Waals surface area contributed by atoms with E-state index in [9.17, 15) is 24.0 Å². The van der Waals surface area contributed by atoms with Crippen LogP contribution in [-0.4, -0.2) is 54.0 Å². The van der Waals surface area contributed by atoms with E-state index in [1.165, 1.54) is 31.8 Å². The monoisotopic (exact) mass is 603 g/mol. The van der Waals surface area contributed by atoms with Gasteiger partial charge in [0.25, 0.3) is 0 Å². The SMILES string of the molecule is COC(=O)[C@H]1OC(=O)[C@@H]2[C@]3(C)C(=O)[C@@H](C=C4[C@@H]5CC(=O)O[C@@H](c6ccoc6)[C@]5(C)CC[C@@H]43)[C@@H](OC(=O)c3cccnc3)[C@@]12C. The number of ether oxygens (including phenoxy) is 4. The zero-order valence-corrected chi connectivity index (χ0v) is 24.8. The van der Waals surface area contributed by atoms with Crippen LogP contribution in [0.15, 0.2) is 59.2 Å². The number of cyclic esters (lactones) is 2. The van der Waals surface area contributed by atoms with Crippen molar-refractivity contribution >= 4 is 29.7 Å². The molecule has 2 saturated heterocycles. The fraction of sp³-hybridized carbons (Fsp3) is 0.515. The number of fused-ring (bicyclic) bond motifs is 8. The average Bonchev–Trinajstić information content (AvgIpc) is 3.64. The smallest absolute Gasteiger partial charge is 0.347 e. The Balaban J connectivity index is 1.40. The highest BCUT2D eigenvalue weighted by Crippen LogP contribution is 2.69. The zero-order valence-electron chi connectivity index (χ0n) is 24.8. The highest BCUT2D eigenvalue weighted by atomic mass is 16.6. The minimum absolute atomic E-state index is 0.0987. The number of rotatable bonds is 4. The molecule has 230 valence electrons. The maximum Gasteiger partial charge on any atom is 0.347 e. The van der Waals surface area contributed by atoms with Gasteiger partial charge in [0.05, 0.1) is 48.9 Å². The van der Waals surface area contributed by atoms with Crippen molar-refractivity contribution in [2.75, 3.05) is 7.11 Å². The van der Waals surface area contributed by atoms with Gasteiger partial charge >= 0.3 is 23.9 Å². The maximum absolute atomic E-state index is 14.6. The second kappa shape index (κ2) is 9.61. The van der Waals surface area contributed by atoms with Crippen molar-refractivity contribution in [1.29, 1.82) is 0 Å². The predicted octanol–water partition coefficient (Wildman–Crippen LogP) is 3.79. The number of carbonyl (C=O) groups excluding carboxylic acids is 5. The van der Waals surface area contributed by atoms with E-state index < -0.39 is 70.2 Å². The number of hydrogen-bond donors (Lipinski definition) is 0. The lowest BCUT2D eigenvalue weighted by atomic mass is 9.40. The van der Waals surface area contributed by atoms with Crippen LogP contribution in [-0.2, 0) is 38.1 Å². The Morgan fingerprint density at radius 3 is 2.55 bits per heavy atom. The second-order valence-electron chi connectivity index (χ2n) is 13.3. The fourth-order valence-electron chi connectivity index (χ4n) is 9.28. The van der Waals surface area contributed by atoms with E-state index in [1.54, 1.807) is 32.2 Å². The highest BCUT2D eigenvalue weighted by Gasteiger charge is 2.77. The molecule has 10 atom stereocenters. The van der Waals surface area contributed by atoms with Crippen LogP contribution in [0.4, 0.5) is 0 Å². The molecule has 0 spiro atoms. The Morgan fingerprint density at radius 1 is 1.07 bits per heavy atom. The molecular formula is C33H33NO10. The molecule has 4 fully saturated rings. The first kappa shape index (κ1) is 28.5. The Bertz CT molecular complexity index is 1600. The maximum atomic E-state index is 14.6. The number of esters is 4. The molecule has 3 aliphatic carbocycles. The Kier molecular flexibility index (Phi) is 6.22. The summed E-state index contributed by atoms with van der Waals surface area (Å²) in [5, 5.41) is 0. The number of Topliss-reactive ketones (excluding diaryl/α,β-unsaturated/α-hetero) is 1.